The number of aromatic nitrogens is 3. The molecule has 33 heavy (non-hydrogen) atoms. The van der Waals surface area contributed by atoms with Crippen LogP contribution < -0.4 is 0 Å². The molecule has 2 saturated heterocycles. The molecule has 2 fully saturated rings. The summed E-state index contributed by atoms with van der Waals surface area (Å²) in [6.07, 6.45) is 2.14. The van der Waals surface area contributed by atoms with E-state index in [-0.39, 0.29) is 30.9 Å². The number of aromatic amines is 1. The lowest BCUT2D eigenvalue weighted by atomic mass is 9.76. The predicted molar refractivity (Wildman–Crippen MR) is 119 cm³/mol. The van der Waals surface area contributed by atoms with E-state index in [1.807, 2.05) is 30.0 Å². The highest BCUT2D eigenvalue weighted by Crippen LogP contribution is 2.43. The summed E-state index contributed by atoms with van der Waals surface area (Å²) in [5.74, 6) is 1.12. The molecule has 1 aromatic carbocycles. The molecule has 178 valence electrons. The minimum atomic E-state index is -0.448. The van der Waals surface area contributed by atoms with Gasteiger partial charge >= 0.3 is 5.97 Å². The van der Waals surface area contributed by atoms with Gasteiger partial charge in [-0.15, -0.1) is 0 Å². The van der Waals surface area contributed by atoms with E-state index in [0.29, 0.717) is 37.6 Å². The standard InChI is InChI=1S/C22H29N5O3.CH2O2/c1-16-23-19(25-24-16)12-20(28)27-10-8-22(9-11-27)13-18(30-21(22)29)15-26(2)14-17-6-4-3-5-7-17;2-1-3/h3-7,18H,8-15H2,1-2H3,(H,23,24,25);1H,(H,2,3). The third-order valence-electron chi connectivity index (χ3n) is 6.16. The Morgan fingerprint density at radius 2 is 2.00 bits per heavy atom. The molecule has 1 spiro atoms. The van der Waals surface area contributed by atoms with Crippen LogP contribution in [0.3, 0.4) is 0 Å². The average Bonchev–Trinajstić information content (AvgIpc) is 3.32. The number of nitrogens with zero attached hydrogens (tertiary/aromatic N) is 4. The lowest BCUT2D eigenvalue weighted by Crippen LogP contribution is -2.45. The fraction of sp³-hybridized carbons (Fsp3) is 0.522. The molecule has 1 aromatic heterocycles. The Morgan fingerprint density at radius 3 is 2.61 bits per heavy atom. The zero-order chi connectivity index (χ0) is 23.8. The number of H-pyrrole nitrogens is 1. The van der Waals surface area contributed by atoms with Crippen molar-refractivity contribution in [2.45, 2.75) is 45.3 Å². The summed E-state index contributed by atoms with van der Waals surface area (Å²) in [6, 6.07) is 10.3. The second-order valence-electron chi connectivity index (χ2n) is 8.69. The number of amides is 1. The lowest BCUT2D eigenvalue weighted by molar-refractivity contribution is -0.152. The maximum Gasteiger partial charge on any atom is 0.312 e. The zero-order valence-electron chi connectivity index (χ0n) is 19.1. The first-order valence-electron chi connectivity index (χ1n) is 11.0. The summed E-state index contributed by atoms with van der Waals surface area (Å²) in [7, 11) is 2.05. The number of hydrogen-bond acceptors (Lipinski definition) is 7. The van der Waals surface area contributed by atoms with Gasteiger partial charge in [-0.3, -0.25) is 24.4 Å². The van der Waals surface area contributed by atoms with Gasteiger partial charge in [0.15, 0.2) is 5.82 Å². The van der Waals surface area contributed by atoms with Gasteiger partial charge in [0.25, 0.3) is 6.47 Å². The highest BCUT2D eigenvalue weighted by Gasteiger charge is 2.50. The largest absolute Gasteiger partial charge is 0.483 e. The number of likely N-dealkylation sites (tertiary alicyclic amines) is 1. The van der Waals surface area contributed by atoms with Crippen LogP contribution in [0.25, 0.3) is 0 Å². The van der Waals surface area contributed by atoms with Crippen molar-refractivity contribution in [1.29, 1.82) is 0 Å². The third kappa shape index (κ3) is 6.38. The number of rotatable bonds is 6. The molecular formula is C23H31N5O5. The lowest BCUT2D eigenvalue weighted by Gasteiger charge is -2.36. The summed E-state index contributed by atoms with van der Waals surface area (Å²) >= 11 is 0. The van der Waals surface area contributed by atoms with Gasteiger partial charge in [-0.25, -0.2) is 4.98 Å². The van der Waals surface area contributed by atoms with Gasteiger partial charge in [0.05, 0.1) is 11.8 Å². The number of likely N-dealkylation sites (N-methyl/N-ethyl adjacent to an activating group) is 1. The fourth-order valence-corrected chi connectivity index (χ4v) is 4.55. The molecule has 4 rings (SSSR count). The van der Waals surface area contributed by atoms with E-state index in [1.54, 1.807) is 0 Å². The van der Waals surface area contributed by atoms with Crippen molar-refractivity contribution in [2.75, 3.05) is 26.7 Å². The number of carbonyl (C=O) groups excluding carboxylic acids is 2. The van der Waals surface area contributed by atoms with Gasteiger partial charge < -0.3 is 14.7 Å². The summed E-state index contributed by atoms with van der Waals surface area (Å²) < 4.78 is 5.75. The minimum absolute atomic E-state index is 0.00867. The normalized spacial score (nSPS) is 19.2. The van der Waals surface area contributed by atoms with Gasteiger partial charge in [-0.1, -0.05) is 30.3 Å². The van der Waals surface area contributed by atoms with Crippen LogP contribution in [0.15, 0.2) is 30.3 Å². The first-order chi connectivity index (χ1) is 15.8. The average molecular weight is 458 g/mol. The highest BCUT2D eigenvalue weighted by molar-refractivity contribution is 5.81. The van der Waals surface area contributed by atoms with Crippen LogP contribution in [-0.4, -0.2) is 81.2 Å². The van der Waals surface area contributed by atoms with Crippen LogP contribution in [0.5, 0.6) is 0 Å². The maximum atomic E-state index is 12.7. The van der Waals surface area contributed by atoms with Crippen molar-refractivity contribution in [1.82, 2.24) is 25.0 Å². The molecule has 1 atom stereocenters. The molecule has 1 unspecified atom stereocenters. The molecule has 0 aliphatic carbocycles. The molecular weight excluding hydrogens is 426 g/mol. The number of carbonyl (C=O) groups is 3. The van der Waals surface area contributed by atoms with Gasteiger partial charge in [0.1, 0.15) is 11.9 Å². The number of aryl methyl sites for hydroxylation is 1. The van der Waals surface area contributed by atoms with E-state index in [9.17, 15) is 9.59 Å². The monoisotopic (exact) mass is 457 g/mol. The smallest absolute Gasteiger partial charge is 0.312 e. The number of benzene rings is 1. The Labute approximate surface area is 192 Å². The number of ether oxygens (including phenoxy) is 1. The Kier molecular flexibility index (Phi) is 8.16. The Balaban J connectivity index is 0.000000968. The molecule has 10 heteroatoms. The maximum absolute atomic E-state index is 12.7. The molecule has 1 amide bonds. The molecule has 0 bridgehead atoms. The number of nitrogens with one attached hydrogen (secondary N) is 1. The van der Waals surface area contributed by atoms with Crippen molar-refractivity contribution in [3.8, 4) is 0 Å². The number of esters is 1. The van der Waals surface area contributed by atoms with Crippen LogP contribution in [0.4, 0.5) is 0 Å². The van der Waals surface area contributed by atoms with Crippen molar-refractivity contribution in [3.63, 3.8) is 0 Å². The number of cyclic esters (lactones) is 1. The number of hydrogen-bond donors (Lipinski definition) is 2. The van der Waals surface area contributed by atoms with Crippen LogP contribution in [0.1, 0.15) is 36.5 Å². The first-order valence-corrected chi connectivity index (χ1v) is 11.0. The van der Waals surface area contributed by atoms with Crippen molar-refractivity contribution in [3.05, 3.63) is 47.5 Å². The quantitative estimate of drug-likeness (QED) is 0.492. The van der Waals surface area contributed by atoms with Gasteiger partial charge in [0.2, 0.25) is 5.91 Å². The fourth-order valence-electron chi connectivity index (χ4n) is 4.55. The molecule has 2 aliphatic heterocycles. The molecule has 2 N–H and O–H groups in total. The summed E-state index contributed by atoms with van der Waals surface area (Å²) in [5.41, 5.74) is 0.795. The summed E-state index contributed by atoms with van der Waals surface area (Å²) in [5, 5.41) is 13.7. The summed E-state index contributed by atoms with van der Waals surface area (Å²) in [4.78, 5) is 41.8. The van der Waals surface area contributed by atoms with Crippen molar-refractivity contribution in [2.24, 2.45) is 5.41 Å². The number of piperidine rings is 1. The zero-order valence-corrected chi connectivity index (χ0v) is 19.1. The van der Waals surface area contributed by atoms with Crippen LogP contribution in [0, 0.1) is 12.3 Å². The van der Waals surface area contributed by atoms with Gasteiger partial charge in [0, 0.05) is 32.6 Å². The van der Waals surface area contributed by atoms with Gasteiger partial charge in [-0.05, 0) is 32.4 Å². The van der Waals surface area contributed by atoms with E-state index >= 15 is 0 Å². The van der Waals surface area contributed by atoms with Crippen molar-refractivity contribution < 1.29 is 24.2 Å². The Morgan fingerprint density at radius 1 is 1.33 bits per heavy atom. The molecule has 10 nitrogen and oxygen atoms in total. The second-order valence-corrected chi connectivity index (χ2v) is 8.69. The van der Waals surface area contributed by atoms with Crippen molar-refractivity contribution >= 4 is 18.3 Å². The van der Waals surface area contributed by atoms with E-state index in [0.717, 1.165) is 19.5 Å². The number of carboxylic acid groups (broad SMARTS) is 1. The molecule has 0 radical (unpaired) electrons. The van der Waals surface area contributed by atoms with E-state index in [2.05, 4.69) is 39.3 Å². The van der Waals surface area contributed by atoms with Crippen LogP contribution in [-0.2, 0) is 32.1 Å². The highest BCUT2D eigenvalue weighted by atomic mass is 16.6. The van der Waals surface area contributed by atoms with Gasteiger partial charge in [-0.2, -0.15) is 5.10 Å². The Hall–Kier alpha value is -3.27. The Bertz CT molecular complexity index is 940. The predicted octanol–water partition coefficient (Wildman–Crippen LogP) is 1.41. The topological polar surface area (TPSA) is 129 Å². The van der Waals surface area contributed by atoms with E-state index < -0.39 is 5.41 Å². The van der Waals surface area contributed by atoms with Crippen LogP contribution >= 0.6 is 0 Å². The SMILES string of the molecule is Cc1nc(CC(=O)N2CCC3(CC2)CC(CN(C)Cc2ccccc2)OC3=O)n[nH]1.O=CO. The molecule has 2 aliphatic rings. The minimum Gasteiger partial charge on any atom is -0.483 e. The first kappa shape index (κ1) is 24.4. The third-order valence-corrected chi connectivity index (χ3v) is 6.16. The molecule has 2 aromatic rings. The molecule has 3 heterocycles. The summed E-state index contributed by atoms with van der Waals surface area (Å²) in [6.45, 7) is 4.25. The molecule has 0 saturated carbocycles. The van der Waals surface area contributed by atoms with E-state index in [4.69, 9.17) is 14.6 Å². The van der Waals surface area contributed by atoms with E-state index in [1.165, 1.54) is 5.56 Å². The van der Waals surface area contributed by atoms with Crippen LogP contribution in [0.2, 0.25) is 0 Å². The second kappa shape index (κ2) is 11.0.